The van der Waals surface area contributed by atoms with Gasteiger partial charge in [0.15, 0.2) is 0 Å². The van der Waals surface area contributed by atoms with Crippen LogP contribution in [0.15, 0.2) is 40.9 Å². The summed E-state index contributed by atoms with van der Waals surface area (Å²) < 4.78 is 1.03. The average molecular weight is 327 g/mol. The number of carbonyl (C=O) groups is 1. The van der Waals surface area contributed by atoms with Crippen LogP contribution in [0, 0.1) is 0 Å². The highest BCUT2D eigenvalue weighted by Crippen LogP contribution is 2.20. The Hall–Kier alpha value is -1.06. The fourth-order valence-corrected chi connectivity index (χ4v) is 2.15. The molecule has 2 aromatic carbocycles. The summed E-state index contributed by atoms with van der Waals surface area (Å²) in [4.78, 5) is 11.9. The minimum Gasteiger partial charge on any atom is -0.351 e. The predicted octanol–water partition coefficient (Wildman–Crippen LogP) is 3.96. The van der Waals surface area contributed by atoms with Gasteiger partial charge in [-0.1, -0.05) is 28.1 Å². The molecule has 18 heavy (non-hydrogen) atoms. The summed E-state index contributed by atoms with van der Waals surface area (Å²) in [6, 6.07) is 11.6. The molecule has 0 aliphatic carbocycles. The van der Waals surface area contributed by atoms with Crippen molar-refractivity contribution >= 4 is 44.2 Å². The number of benzene rings is 2. The molecule has 0 aliphatic rings. The normalized spacial score (nSPS) is 12.4. The van der Waals surface area contributed by atoms with Crippen molar-refractivity contribution in [2.45, 2.75) is 12.3 Å². The Kier molecular flexibility index (Phi) is 4.25. The lowest BCUT2D eigenvalue weighted by Gasteiger charge is -2.07. The first-order valence-corrected chi connectivity index (χ1v) is 6.91. The van der Waals surface area contributed by atoms with Crippen molar-refractivity contribution in [2.24, 2.45) is 0 Å². The highest BCUT2D eigenvalue weighted by Gasteiger charge is 2.07. The van der Waals surface area contributed by atoms with E-state index in [1.807, 2.05) is 43.3 Å². The maximum Gasteiger partial charge on any atom is 0.251 e. The molecule has 0 heterocycles. The summed E-state index contributed by atoms with van der Waals surface area (Å²) in [5, 5.41) is 4.88. The van der Waals surface area contributed by atoms with Crippen LogP contribution in [-0.4, -0.2) is 17.8 Å². The Bertz CT molecular complexity index is 583. The zero-order chi connectivity index (χ0) is 13.1. The SMILES string of the molecule is CC(Cl)CNC(=O)c1ccc2cc(Br)ccc2c1. The van der Waals surface area contributed by atoms with Crippen molar-refractivity contribution < 1.29 is 4.79 Å². The van der Waals surface area contributed by atoms with Gasteiger partial charge in [0.05, 0.1) is 0 Å². The maximum absolute atomic E-state index is 11.9. The second-order valence-electron chi connectivity index (χ2n) is 4.20. The molecule has 0 bridgehead atoms. The van der Waals surface area contributed by atoms with E-state index in [-0.39, 0.29) is 11.3 Å². The molecule has 0 spiro atoms. The monoisotopic (exact) mass is 325 g/mol. The number of nitrogens with one attached hydrogen (secondary N) is 1. The number of rotatable bonds is 3. The molecule has 2 nitrogen and oxygen atoms in total. The molecule has 1 amide bonds. The topological polar surface area (TPSA) is 29.1 Å². The van der Waals surface area contributed by atoms with E-state index in [4.69, 9.17) is 11.6 Å². The van der Waals surface area contributed by atoms with E-state index in [0.717, 1.165) is 15.2 Å². The third-order valence-electron chi connectivity index (χ3n) is 2.61. The number of fused-ring (bicyclic) bond motifs is 1. The molecule has 1 N–H and O–H groups in total. The van der Waals surface area contributed by atoms with Gasteiger partial charge in [0.2, 0.25) is 0 Å². The highest BCUT2D eigenvalue weighted by molar-refractivity contribution is 9.10. The molecule has 0 aromatic heterocycles. The second-order valence-corrected chi connectivity index (χ2v) is 5.86. The first kappa shape index (κ1) is 13.4. The van der Waals surface area contributed by atoms with Crippen LogP contribution >= 0.6 is 27.5 Å². The molecule has 0 fully saturated rings. The first-order chi connectivity index (χ1) is 8.56. The minimum absolute atomic E-state index is 0.0645. The summed E-state index contributed by atoms with van der Waals surface area (Å²) in [6.07, 6.45) is 0. The summed E-state index contributed by atoms with van der Waals surface area (Å²) in [5.74, 6) is -0.0904. The van der Waals surface area contributed by atoms with Gasteiger partial charge in [-0.25, -0.2) is 0 Å². The Morgan fingerprint density at radius 2 is 1.94 bits per heavy atom. The molecule has 2 rings (SSSR count). The van der Waals surface area contributed by atoms with Gasteiger partial charge in [0.1, 0.15) is 0 Å². The summed E-state index contributed by atoms with van der Waals surface area (Å²) >= 11 is 9.23. The predicted molar refractivity (Wildman–Crippen MR) is 79.3 cm³/mol. The standard InChI is InChI=1S/C14H13BrClNO/c1-9(16)8-17-14(18)12-3-2-11-7-13(15)5-4-10(11)6-12/h2-7,9H,8H2,1H3,(H,17,18). The van der Waals surface area contributed by atoms with E-state index < -0.39 is 0 Å². The van der Waals surface area contributed by atoms with Crippen molar-refractivity contribution in [3.63, 3.8) is 0 Å². The van der Waals surface area contributed by atoms with Crippen molar-refractivity contribution in [1.82, 2.24) is 5.32 Å². The highest BCUT2D eigenvalue weighted by atomic mass is 79.9. The Morgan fingerprint density at radius 3 is 2.67 bits per heavy atom. The van der Waals surface area contributed by atoms with Crippen LogP contribution in [0.3, 0.4) is 0 Å². The van der Waals surface area contributed by atoms with Gasteiger partial charge in [-0.15, -0.1) is 11.6 Å². The minimum atomic E-state index is -0.0904. The van der Waals surface area contributed by atoms with Gasteiger partial charge >= 0.3 is 0 Å². The van der Waals surface area contributed by atoms with Crippen LogP contribution in [0.25, 0.3) is 10.8 Å². The molecule has 0 radical (unpaired) electrons. The van der Waals surface area contributed by atoms with Gasteiger partial charge in [-0.05, 0) is 42.0 Å². The van der Waals surface area contributed by atoms with E-state index in [9.17, 15) is 4.79 Å². The molecule has 4 heteroatoms. The molecule has 1 unspecified atom stereocenters. The molecule has 2 aromatic rings. The fraction of sp³-hybridized carbons (Fsp3) is 0.214. The van der Waals surface area contributed by atoms with E-state index in [2.05, 4.69) is 21.2 Å². The zero-order valence-corrected chi connectivity index (χ0v) is 12.3. The van der Waals surface area contributed by atoms with Crippen LogP contribution in [0.4, 0.5) is 0 Å². The molecule has 0 aliphatic heterocycles. The number of hydrogen-bond donors (Lipinski definition) is 1. The number of hydrogen-bond acceptors (Lipinski definition) is 1. The number of alkyl halides is 1. The van der Waals surface area contributed by atoms with Crippen LogP contribution in [0.1, 0.15) is 17.3 Å². The quantitative estimate of drug-likeness (QED) is 0.850. The van der Waals surface area contributed by atoms with E-state index in [1.165, 1.54) is 0 Å². The van der Waals surface area contributed by atoms with Crippen molar-refractivity contribution in [2.75, 3.05) is 6.54 Å². The van der Waals surface area contributed by atoms with Crippen LogP contribution < -0.4 is 5.32 Å². The van der Waals surface area contributed by atoms with E-state index in [1.54, 1.807) is 0 Å². The van der Waals surface area contributed by atoms with E-state index in [0.29, 0.717) is 12.1 Å². The Balaban J connectivity index is 2.24. The Morgan fingerprint density at radius 1 is 1.28 bits per heavy atom. The summed E-state index contributed by atoms with van der Waals surface area (Å²) in [5.41, 5.74) is 0.655. The first-order valence-electron chi connectivity index (χ1n) is 5.68. The Labute approximate surface area is 119 Å². The largest absolute Gasteiger partial charge is 0.351 e. The molecule has 0 saturated heterocycles. The van der Waals surface area contributed by atoms with Crippen molar-refractivity contribution in [3.8, 4) is 0 Å². The second kappa shape index (κ2) is 5.72. The number of carbonyl (C=O) groups excluding carboxylic acids is 1. The van der Waals surface area contributed by atoms with E-state index >= 15 is 0 Å². The van der Waals surface area contributed by atoms with Gasteiger partial charge in [-0.2, -0.15) is 0 Å². The lowest BCUT2D eigenvalue weighted by atomic mass is 10.1. The third-order valence-corrected chi connectivity index (χ3v) is 3.26. The molecule has 1 atom stereocenters. The lowest BCUT2D eigenvalue weighted by molar-refractivity contribution is 0.0954. The maximum atomic E-state index is 11.9. The molecule has 0 saturated carbocycles. The molecule has 94 valence electrons. The summed E-state index contributed by atoms with van der Waals surface area (Å²) in [6.45, 7) is 2.32. The van der Waals surface area contributed by atoms with Gasteiger partial charge in [-0.3, -0.25) is 4.79 Å². The molecular weight excluding hydrogens is 314 g/mol. The van der Waals surface area contributed by atoms with Crippen LogP contribution in [-0.2, 0) is 0 Å². The number of amides is 1. The van der Waals surface area contributed by atoms with Crippen LogP contribution in [0.2, 0.25) is 0 Å². The van der Waals surface area contributed by atoms with Crippen LogP contribution in [0.5, 0.6) is 0 Å². The third kappa shape index (κ3) is 3.24. The van der Waals surface area contributed by atoms with Gasteiger partial charge in [0.25, 0.3) is 5.91 Å². The summed E-state index contributed by atoms with van der Waals surface area (Å²) in [7, 11) is 0. The fourth-order valence-electron chi connectivity index (χ4n) is 1.69. The zero-order valence-electron chi connectivity index (χ0n) is 9.91. The average Bonchev–Trinajstić information content (AvgIpc) is 2.35. The van der Waals surface area contributed by atoms with Crippen molar-refractivity contribution in [3.05, 3.63) is 46.4 Å². The molecular formula is C14H13BrClNO. The lowest BCUT2D eigenvalue weighted by Crippen LogP contribution is -2.28. The van der Waals surface area contributed by atoms with Crippen molar-refractivity contribution in [1.29, 1.82) is 0 Å². The van der Waals surface area contributed by atoms with Gasteiger partial charge < -0.3 is 5.32 Å². The number of halogens is 2. The smallest absolute Gasteiger partial charge is 0.251 e. The van der Waals surface area contributed by atoms with Gasteiger partial charge in [0, 0.05) is 22.0 Å².